The summed E-state index contributed by atoms with van der Waals surface area (Å²) in [5.41, 5.74) is -2.54. The lowest BCUT2D eigenvalue weighted by molar-refractivity contribution is -0.445. The average Bonchev–Trinajstić information content (AvgIpc) is 2.73. The average molecular weight is 615 g/mol. The minimum Gasteiger partial charge on any atom is -0.320 e. The Morgan fingerprint density at radius 2 is 1.11 bits per heavy atom. The van der Waals surface area contributed by atoms with Crippen molar-refractivity contribution in [1.29, 1.82) is 0 Å². The first-order valence-electron chi connectivity index (χ1n) is 8.74. The third-order valence-electron chi connectivity index (χ3n) is 4.68. The molecular formula is C16H7ClF16N2O3. The molecule has 0 radical (unpaired) electrons. The Labute approximate surface area is 202 Å². The van der Waals surface area contributed by atoms with Crippen LogP contribution >= 0.6 is 11.6 Å². The number of alkyl halides is 17. The minimum atomic E-state index is -8.70. The predicted molar refractivity (Wildman–Crippen MR) is 91.9 cm³/mol. The van der Waals surface area contributed by atoms with Gasteiger partial charge >= 0.3 is 52.7 Å². The SMILES string of the molecule is Cc1cc([N+](=O)[O-])ccc1NC(=O)C(F)(F)C(F)(F)C(F)(F)C(F)(F)C(F)(F)C(F)(F)C(F)(F)C(F)(F)Cl. The van der Waals surface area contributed by atoms with Gasteiger partial charge in [0.05, 0.1) is 4.92 Å². The van der Waals surface area contributed by atoms with Gasteiger partial charge in [0, 0.05) is 17.8 Å². The van der Waals surface area contributed by atoms with Crippen LogP contribution in [0.1, 0.15) is 5.56 Å². The van der Waals surface area contributed by atoms with Crippen molar-refractivity contribution in [3.63, 3.8) is 0 Å². The molecule has 0 fully saturated rings. The van der Waals surface area contributed by atoms with Crippen molar-refractivity contribution < 1.29 is 80.0 Å². The normalized spacial score (nSPS) is 14.9. The lowest BCUT2D eigenvalue weighted by atomic mass is 9.89. The van der Waals surface area contributed by atoms with Gasteiger partial charge in [0.25, 0.3) is 5.69 Å². The number of amides is 1. The maximum atomic E-state index is 13.9. The van der Waals surface area contributed by atoms with Crippen LogP contribution in [0.3, 0.4) is 0 Å². The number of nitrogens with one attached hydrogen (secondary N) is 1. The smallest absolute Gasteiger partial charge is 0.320 e. The molecule has 218 valence electrons. The van der Waals surface area contributed by atoms with Gasteiger partial charge in [0.15, 0.2) is 0 Å². The van der Waals surface area contributed by atoms with Gasteiger partial charge in [-0.15, -0.1) is 0 Å². The van der Waals surface area contributed by atoms with E-state index >= 15 is 0 Å². The van der Waals surface area contributed by atoms with Crippen LogP contribution in [0.4, 0.5) is 81.6 Å². The maximum Gasteiger partial charge on any atom is 0.393 e. The monoisotopic (exact) mass is 614 g/mol. The van der Waals surface area contributed by atoms with Crippen LogP contribution in [0.2, 0.25) is 0 Å². The number of benzene rings is 1. The second-order valence-electron chi connectivity index (χ2n) is 7.23. The maximum absolute atomic E-state index is 13.9. The summed E-state index contributed by atoms with van der Waals surface area (Å²) in [4.78, 5) is 21.0. The van der Waals surface area contributed by atoms with E-state index in [0.717, 1.165) is 12.2 Å². The fraction of sp³-hybridized carbons (Fsp3) is 0.562. The van der Waals surface area contributed by atoms with E-state index in [1.165, 1.54) is 0 Å². The van der Waals surface area contributed by atoms with Gasteiger partial charge in [0.2, 0.25) is 0 Å². The molecule has 0 atom stereocenters. The first kappa shape index (κ1) is 33.3. The molecule has 0 aliphatic carbocycles. The highest BCUT2D eigenvalue weighted by atomic mass is 35.5. The molecule has 1 aromatic carbocycles. The number of anilines is 1. The lowest BCUT2D eigenvalue weighted by Crippen LogP contribution is -2.75. The molecule has 0 unspecified atom stereocenters. The Kier molecular flexibility index (Phi) is 8.04. The molecule has 1 aromatic rings. The highest BCUT2D eigenvalue weighted by molar-refractivity contribution is 6.22. The molecule has 38 heavy (non-hydrogen) atoms. The van der Waals surface area contributed by atoms with Crippen molar-refractivity contribution in [1.82, 2.24) is 0 Å². The van der Waals surface area contributed by atoms with E-state index in [4.69, 9.17) is 0 Å². The number of aryl methyl sites for hydroxylation is 1. The molecule has 0 heterocycles. The third-order valence-corrected chi connectivity index (χ3v) is 4.91. The van der Waals surface area contributed by atoms with Gasteiger partial charge < -0.3 is 5.32 Å². The standard InChI is InChI=1S/C16H7ClF16N2O3/c1-5-4-6(35(37)38)2-3-7(5)34-8(36)9(18,19)10(20,21)11(22,23)12(24,25)13(26,27)14(28,29)15(30,31)16(17,32)33/h2-4H,1H3,(H,34,36). The van der Waals surface area contributed by atoms with E-state index < -0.39 is 74.6 Å². The van der Waals surface area contributed by atoms with Crippen LogP contribution in [0, 0.1) is 17.0 Å². The van der Waals surface area contributed by atoms with Crippen molar-refractivity contribution in [3.8, 4) is 0 Å². The number of non-ortho nitro benzene ring substituents is 1. The summed E-state index contributed by atoms with van der Waals surface area (Å²) in [5.74, 6) is -61.3. The first-order chi connectivity index (χ1) is 16.5. The van der Waals surface area contributed by atoms with Crippen molar-refractivity contribution in [2.75, 3.05) is 5.32 Å². The number of carbonyl (C=O) groups excluding carboxylic acids is 1. The molecular weight excluding hydrogens is 608 g/mol. The molecule has 0 aliphatic rings. The molecule has 0 aliphatic heterocycles. The van der Waals surface area contributed by atoms with Crippen molar-refractivity contribution >= 4 is 28.9 Å². The molecule has 0 bridgehead atoms. The van der Waals surface area contributed by atoms with E-state index in [9.17, 15) is 85.2 Å². The second-order valence-corrected chi connectivity index (χ2v) is 7.70. The number of carbonyl (C=O) groups is 1. The molecule has 0 spiro atoms. The number of rotatable bonds is 10. The zero-order valence-corrected chi connectivity index (χ0v) is 18.1. The zero-order valence-electron chi connectivity index (χ0n) is 17.3. The summed E-state index contributed by atoms with van der Waals surface area (Å²) in [6.07, 6.45) is 0. The number of hydrogen-bond acceptors (Lipinski definition) is 3. The van der Waals surface area contributed by atoms with Gasteiger partial charge in [-0.3, -0.25) is 14.9 Å². The van der Waals surface area contributed by atoms with Gasteiger partial charge in [-0.2, -0.15) is 70.2 Å². The van der Waals surface area contributed by atoms with Crippen molar-refractivity contribution in [2.45, 2.75) is 53.8 Å². The molecule has 22 heteroatoms. The molecule has 1 N–H and O–H groups in total. The summed E-state index contributed by atoms with van der Waals surface area (Å²) in [6.45, 7) is 0.761. The van der Waals surface area contributed by atoms with E-state index in [-0.39, 0.29) is 0 Å². The molecule has 0 aromatic heterocycles. The van der Waals surface area contributed by atoms with Gasteiger partial charge in [-0.1, -0.05) is 0 Å². The number of nitro groups is 1. The number of nitrogens with zero attached hydrogens (tertiary/aromatic N) is 1. The van der Waals surface area contributed by atoms with Crippen LogP contribution in [0.5, 0.6) is 0 Å². The van der Waals surface area contributed by atoms with Crippen molar-refractivity contribution in [3.05, 3.63) is 33.9 Å². The molecule has 5 nitrogen and oxygen atoms in total. The molecule has 0 saturated heterocycles. The highest BCUT2D eigenvalue weighted by Crippen LogP contribution is 2.64. The number of hydrogen-bond donors (Lipinski definition) is 1. The Bertz CT molecular complexity index is 1100. The highest BCUT2D eigenvalue weighted by Gasteiger charge is 2.95. The van der Waals surface area contributed by atoms with Gasteiger partial charge in [-0.05, 0) is 30.2 Å². The second kappa shape index (κ2) is 9.18. The van der Waals surface area contributed by atoms with Crippen LogP contribution in [0.25, 0.3) is 0 Å². The fourth-order valence-corrected chi connectivity index (χ4v) is 2.53. The predicted octanol–water partition coefficient (Wildman–Crippen LogP) is 7.12. The van der Waals surface area contributed by atoms with Crippen LogP contribution in [-0.2, 0) is 4.79 Å². The summed E-state index contributed by atoms with van der Waals surface area (Å²) >= 11 is 3.41. The molecule has 0 saturated carbocycles. The summed E-state index contributed by atoms with van der Waals surface area (Å²) in [6, 6.07) is 1.22. The van der Waals surface area contributed by atoms with Crippen LogP contribution in [0.15, 0.2) is 18.2 Å². The van der Waals surface area contributed by atoms with Crippen molar-refractivity contribution in [2.24, 2.45) is 0 Å². The summed E-state index contributed by atoms with van der Waals surface area (Å²) in [5, 5.41) is 4.40. The Balaban J connectivity index is 3.58. The number of nitro benzene ring substituents is 1. The van der Waals surface area contributed by atoms with Gasteiger partial charge in [0.1, 0.15) is 0 Å². The largest absolute Gasteiger partial charge is 0.393 e. The topological polar surface area (TPSA) is 72.2 Å². The molecule has 1 rings (SSSR count). The molecule has 1 amide bonds. The Morgan fingerprint density at radius 1 is 0.737 bits per heavy atom. The summed E-state index contributed by atoms with van der Waals surface area (Å²) in [7, 11) is 0. The zero-order chi connectivity index (χ0) is 30.7. The Morgan fingerprint density at radius 3 is 1.45 bits per heavy atom. The third kappa shape index (κ3) is 4.55. The Hall–Kier alpha value is -2.74. The minimum absolute atomic E-state index is 0.329. The van der Waals surface area contributed by atoms with Gasteiger partial charge in [-0.25, -0.2) is 0 Å². The fourth-order valence-electron chi connectivity index (χ4n) is 2.41. The van der Waals surface area contributed by atoms with Crippen LogP contribution in [-0.4, -0.2) is 57.7 Å². The number of halogens is 17. The van der Waals surface area contributed by atoms with E-state index in [2.05, 4.69) is 11.6 Å². The lowest BCUT2D eigenvalue weighted by Gasteiger charge is -2.42. The van der Waals surface area contributed by atoms with E-state index in [1.54, 1.807) is 0 Å². The van der Waals surface area contributed by atoms with E-state index in [1.807, 2.05) is 0 Å². The first-order valence-corrected chi connectivity index (χ1v) is 9.12. The van der Waals surface area contributed by atoms with E-state index in [0.29, 0.717) is 18.2 Å². The summed E-state index contributed by atoms with van der Waals surface area (Å²) < 4.78 is 215. The van der Waals surface area contributed by atoms with Crippen LogP contribution < -0.4 is 5.32 Å². The quantitative estimate of drug-likeness (QED) is 0.132.